The molecule has 64 heavy (non-hydrogen) atoms. The zero-order valence-corrected chi connectivity index (χ0v) is 36.6. The molecule has 3 aliphatic rings. The van der Waals surface area contributed by atoms with E-state index in [9.17, 15) is 68.4 Å². The van der Waals surface area contributed by atoms with E-state index >= 15 is 0 Å². The van der Waals surface area contributed by atoms with Gasteiger partial charge >= 0.3 is 47.8 Å². The highest BCUT2D eigenvalue weighted by Gasteiger charge is 2.55. The minimum Gasteiger partial charge on any atom is -0.506 e. The third-order valence-corrected chi connectivity index (χ3v) is 11.5. The molecule has 2 fully saturated rings. The number of ether oxygens (including phenoxy) is 10. The molecule has 0 amide bonds. The molecule has 26 heteroatoms. The average Bonchev–Trinajstić information content (AvgIpc) is 3.17. The van der Waals surface area contributed by atoms with Gasteiger partial charge in [0.05, 0.1) is 20.9 Å². The summed E-state index contributed by atoms with van der Waals surface area (Å²) in [6.45, 7) is 6.32. The monoisotopic (exact) mass is 946 g/mol. The number of fused-ring (bicyclic) bond motifs is 1. The van der Waals surface area contributed by atoms with Crippen molar-refractivity contribution in [2.75, 3.05) is 13.2 Å². The van der Waals surface area contributed by atoms with Crippen LogP contribution in [-0.2, 0) is 90.5 Å². The number of phenols is 2. The van der Waals surface area contributed by atoms with Gasteiger partial charge in [-0.25, -0.2) is 0 Å². The lowest BCUT2D eigenvalue weighted by atomic mass is 9.91. The molecule has 24 nitrogen and oxygen atoms in total. The molecule has 2 aliphatic heterocycles. The van der Waals surface area contributed by atoms with E-state index < -0.39 is 176 Å². The molecule has 4 rings (SSSR count). The number of carbonyl (C=O) groups excluding carboxylic acids is 10. The van der Waals surface area contributed by atoms with Crippen LogP contribution in [0.3, 0.4) is 0 Å². The molecule has 0 saturated carbocycles. The van der Waals surface area contributed by atoms with Crippen molar-refractivity contribution in [3.8, 4) is 11.5 Å². The van der Waals surface area contributed by atoms with Crippen LogP contribution < -0.4 is 0 Å². The van der Waals surface area contributed by atoms with E-state index in [0.717, 1.165) is 55.4 Å². The summed E-state index contributed by atoms with van der Waals surface area (Å²) in [5, 5.41) is 45.3. The van der Waals surface area contributed by atoms with Crippen molar-refractivity contribution in [1.29, 1.82) is 0 Å². The second-order valence-corrected chi connectivity index (χ2v) is 16.0. The maximum Gasteiger partial charge on any atom is 0.303 e. The van der Waals surface area contributed by atoms with Gasteiger partial charge in [0.1, 0.15) is 47.8 Å². The minimum atomic E-state index is -1.85. The van der Waals surface area contributed by atoms with Crippen LogP contribution in [0.5, 0.6) is 11.5 Å². The van der Waals surface area contributed by atoms with Crippen LogP contribution in [0.1, 0.15) is 71.3 Å². The lowest BCUT2D eigenvalue weighted by Crippen LogP contribution is -2.61. The zero-order chi connectivity index (χ0) is 48.1. The van der Waals surface area contributed by atoms with Crippen molar-refractivity contribution in [3.05, 3.63) is 16.9 Å². The predicted molar refractivity (Wildman–Crippen MR) is 207 cm³/mol. The summed E-state index contributed by atoms with van der Waals surface area (Å²) in [7, 11) is 0. The predicted octanol–water partition coefficient (Wildman–Crippen LogP) is 0.998. The van der Waals surface area contributed by atoms with Gasteiger partial charge in [0.25, 0.3) is 5.78 Å². The highest BCUT2D eigenvalue weighted by Crippen LogP contribution is 2.55. The van der Waals surface area contributed by atoms with Crippen molar-refractivity contribution >= 4 is 88.6 Å². The molecular formula is C38H42O24S2. The number of aliphatic hydroxyl groups is 2. The van der Waals surface area contributed by atoms with Crippen LogP contribution in [0.2, 0.25) is 0 Å². The summed E-state index contributed by atoms with van der Waals surface area (Å²) in [5.74, 6) is -16.5. The Labute approximate surface area is 370 Å². The second kappa shape index (κ2) is 21.0. The lowest BCUT2D eigenvalue weighted by Gasteiger charge is -2.45. The number of benzene rings is 1. The molecule has 0 bridgehead atoms. The first-order chi connectivity index (χ1) is 29.8. The highest BCUT2D eigenvalue weighted by atomic mass is 32.2. The van der Waals surface area contributed by atoms with Gasteiger partial charge in [-0.1, -0.05) is 23.5 Å². The van der Waals surface area contributed by atoms with Crippen LogP contribution in [0.4, 0.5) is 0 Å². The van der Waals surface area contributed by atoms with Gasteiger partial charge in [0, 0.05) is 55.4 Å². The van der Waals surface area contributed by atoms with Crippen molar-refractivity contribution in [3.63, 3.8) is 0 Å². The number of hydrogen-bond acceptors (Lipinski definition) is 26. The number of thioether (sulfide) groups is 2. The van der Waals surface area contributed by atoms with E-state index in [1.165, 1.54) is 0 Å². The fraction of sp³-hybridized carbons (Fsp3) is 0.526. The Balaban J connectivity index is 2.05. The Morgan fingerprint density at radius 2 is 0.750 bits per heavy atom. The molecule has 0 unspecified atom stereocenters. The first-order valence-electron chi connectivity index (χ1n) is 18.6. The summed E-state index contributed by atoms with van der Waals surface area (Å²) in [4.78, 5) is 124. The molecule has 1 aliphatic carbocycles. The molecule has 350 valence electrons. The van der Waals surface area contributed by atoms with Gasteiger partial charge in [-0.05, 0) is 0 Å². The fourth-order valence-corrected chi connectivity index (χ4v) is 9.27. The smallest absolute Gasteiger partial charge is 0.303 e. The van der Waals surface area contributed by atoms with Crippen molar-refractivity contribution in [2.45, 2.75) is 125 Å². The first-order valence-corrected chi connectivity index (χ1v) is 20.4. The number of carbonyl (C=O) groups is 10. The first kappa shape index (κ1) is 50.5. The normalized spacial score (nSPS) is 26.4. The lowest BCUT2D eigenvalue weighted by molar-refractivity contribution is -0.237. The SMILES string of the molecule is CC(=O)OC[C@@H]1O[C@@H](Sc2c(O)c3c(c(O)c2S[C@@H]2O[C@H](COC(C)=O)[C@@H](OC(C)=O)[C@H](OC(C)=O)[C@@H]2OC(C)=O)C(=O)C(=O)C(O)=C3O)[C@@H](OC(C)=O)[C@H](OC(C)=O)[C@@H]1OC(C)=O. The van der Waals surface area contributed by atoms with Crippen molar-refractivity contribution in [2.24, 2.45) is 0 Å². The summed E-state index contributed by atoms with van der Waals surface area (Å²) >= 11 is 0.563. The van der Waals surface area contributed by atoms with Crippen LogP contribution in [-0.4, -0.2) is 153 Å². The van der Waals surface area contributed by atoms with E-state index in [1.807, 2.05) is 0 Å². The molecule has 0 spiro atoms. The number of aromatic hydroxyl groups is 2. The molecule has 0 radical (unpaired) electrons. The largest absolute Gasteiger partial charge is 0.506 e. The average molecular weight is 947 g/mol. The highest BCUT2D eigenvalue weighted by molar-refractivity contribution is 8.03. The number of rotatable bonds is 14. The Morgan fingerprint density at radius 3 is 1.08 bits per heavy atom. The van der Waals surface area contributed by atoms with Crippen LogP contribution in [0.25, 0.3) is 5.76 Å². The Hall–Kier alpha value is -6.12. The third kappa shape index (κ3) is 11.7. The van der Waals surface area contributed by atoms with Crippen LogP contribution >= 0.6 is 23.5 Å². The van der Waals surface area contributed by atoms with Crippen molar-refractivity contribution < 1.29 is 116 Å². The number of phenolic OH excluding ortho intramolecular Hbond substituents is 2. The van der Waals surface area contributed by atoms with Crippen molar-refractivity contribution in [1.82, 2.24) is 0 Å². The van der Waals surface area contributed by atoms with E-state index in [0.29, 0.717) is 0 Å². The Bertz CT molecular complexity index is 2150. The van der Waals surface area contributed by atoms with E-state index in [1.54, 1.807) is 0 Å². The van der Waals surface area contributed by atoms with Gasteiger partial charge < -0.3 is 67.8 Å². The molecule has 2 heterocycles. The topological polar surface area (TPSA) is 344 Å². The van der Waals surface area contributed by atoms with E-state index in [-0.39, 0.29) is 23.5 Å². The molecule has 10 atom stereocenters. The molecule has 4 N–H and O–H groups in total. The van der Waals surface area contributed by atoms with Crippen LogP contribution in [0, 0.1) is 0 Å². The van der Waals surface area contributed by atoms with E-state index in [2.05, 4.69) is 0 Å². The van der Waals surface area contributed by atoms with Gasteiger partial charge in [0.15, 0.2) is 42.4 Å². The summed E-state index contributed by atoms with van der Waals surface area (Å²) in [6.07, 6.45) is -13.7. The number of allylic oxidation sites excluding steroid dienone is 1. The molecular weight excluding hydrogens is 905 g/mol. The zero-order valence-electron chi connectivity index (χ0n) is 35.0. The number of aliphatic hydroxyl groups excluding tert-OH is 2. The molecule has 1 aromatic carbocycles. The minimum absolute atomic E-state index is 0.275. The fourth-order valence-electron chi connectivity index (χ4n) is 6.60. The maximum absolute atomic E-state index is 13.4. The van der Waals surface area contributed by atoms with Gasteiger partial charge in [0.2, 0.25) is 11.5 Å². The number of Topliss-reactive ketones (excluding diaryl/α,β-unsaturated/α-hetero) is 2. The van der Waals surface area contributed by atoms with Gasteiger partial charge in [-0.2, -0.15) is 0 Å². The summed E-state index contributed by atoms with van der Waals surface area (Å²) in [5.41, 5.74) is -5.72. The number of hydrogen-bond donors (Lipinski definition) is 4. The number of ketones is 2. The molecule has 1 aromatic rings. The van der Waals surface area contributed by atoms with Gasteiger partial charge in [-0.3, -0.25) is 47.9 Å². The summed E-state index contributed by atoms with van der Waals surface area (Å²) < 4.78 is 55.2. The summed E-state index contributed by atoms with van der Waals surface area (Å²) in [6, 6.07) is 0. The quantitative estimate of drug-likeness (QED) is 0.0874. The van der Waals surface area contributed by atoms with Crippen LogP contribution in [0.15, 0.2) is 15.6 Å². The Kier molecular flexibility index (Phi) is 16.6. The molecule has 0 aromatic heterocycles. The third-order valence-electron chi connectivity index (χ3n) is 8.83. The number of esters is 8. The Morgan fingerprint density at radius 1 is 0.438 bits per heavy atom. The standard InChI is InChI=1S/C38H42O24S2/c1-11(39)53-9-19-29(55-13(3)41)31(57-15(5)43)33(59-17(7)45)37(61-19)63-35-25(49)21-22(24(48)28(52)27(51)23(21)47)26(50)36(35)64-38-34(60-18(8)46)32(58-16(6)44)30(56-14(4)42)20(62-38)10-54-12(2)40/h19-20,29-34,37-38,47,49-51H,9-10H2,1-8H3/t19-,20+,29+,30+,31+,32-,33-,34-,37-,38-/m0/s1. The second-order valence-electron chi connectivity index (χ2n) is 13.8. The van der Waals surface area contributed by atoms with Gasteiger partial charge in [-0.15, -0.1) is 0 Å². The molecule has 2 saturated heterocycles. The van der Waals surface area contributed by atoms with E-state index in [4.69, 9.17) is 47.4 Å². The maximum atomic E-state index is 13.4.